The third-order valence-corrected chi connectivity index (χ3v) is 3.06. The lowest BCUT2D eigenvalue weighted by Gasteiger charge is -2.35. The predicted molar refractivity (Wildman–Crippen MR) is 43.8 cm³/mol. The molecule has 0 heterocycles. The van der Waals surface area contributed by atoms with Crippen LogP contribution in [-0.2, 0) is 0 Å². The van der Waals surface area contributed by atoms with Crippen LogP contribution in [0.4, 0.5) is 0 Å². The quantitative estimate of drug-likeness (QED) is 0.449. The highest BCUT2D eigenvalue weighted by atomic mass is 14.3. The smallest absolute Gasteiger partial charge is 0.0205 e. The van der Waals surface area contributed by atoms with Gasteiger partial charge in [0.2, 0.25) is 0 Å². The van der Waals surface area contributed by atoms with Gasteiger partial charge in [-0.3, -0.25) is 0 Å². The summed E-state index contributed by atoms with van der Waals surface area (Å²) in [7, 11) is 0. The summed E-state index contributed by atoms with van der Waals surface area (Å²) in [5, 5.41) is 0. The van der Waals surface area contributed by atoms with Gasteiger partial charge in [0, 0.05) is 0 Å². The Hall–Kier alpha value is -0.260. The van der Waals surface area contributed by atoms with E-state index < -0.39 is 0 Å². The molecule has 0 saturated heterocycles. The first kappa shape index (κ1) is 6.45. The van der Waals surface area contributed by atoms with E-state index in [1.807, 2.05) is 0 Å². The molecule has 0 aromatic carbocycles. The van der Waals surface area contributed by atoms with Crippen LogP contribution in [0.15, 0.2) is 12.2 Å². The molecule has 0 amide bonds. The van der Waals surface area contributed by atoms with Gasteiger partial charge in [-0.25, -0.2) is 0 Å². The van der Waals surface area contributed by atoms with Crippen LogP contribution in [-0.4, -0.2) is 0 Å². The molecule has 0 nitrogen and oxygen atoms in total. The van der Waals surface area contributed by atoms with Crippen molar-refractivity contribution in [1.82, 2.24) is 0 Å². The molecule has 0 bridgehead atoms. The molecule has 2 aliphatic rings. The highest BCUT2D eigenvalue weighted by Gasteiger charge is 2.28. The third-order valence-electron chi connectivity index (χ3n) is 3.06. The van der Waals surface area contributed by atoms with E-state index in [0.29, 0.717) is 0 Å². The van der Waals surface area contributed by atoms with Gasteiger partial charge in [-0.2, -0.15) is 0 Å². The Morgan fingerprint density at radius 1 is 1.00 bits per heavy atom. The number of fused-ring (bicyclic) bond motifs is 1. The lowest BCUT2D eigenvalue weighted by molar-refractivity contribution is 0.203. The minimum atomic E-state index is 0.986. The second-order valence-electron chi connectivity index (χ2n) is 3.71. The van der Waals surface area contributed by atoms with Gasteiger partial charge in [0.15, 0.2) is 0 Å². The average Bonchev–Trinajstić information content (AvgIpc) is 1.89. The summed E-state index contributed by atoms with van der Waals surface area (Å²) in [5.74, 6) is 2.07. The molecule has 0 spiro atoms. The first-order chi connectivity index (χ1) is 4.97. The van der Waals surface area contributed by atoms with Crippen molar-refractivity contribution in [3.05, 3.63) is 12.2 Å². The fourth-order valence-electron chi connectivity index (χ4n) is 2.15. The lowest BCUT2D eigenvalue weighted by atomic mass is 9.70. The zero-order valence-electron chi connectivity index (χ0n) is 6.55. The molecule has 56 valence electrons. The molecule has 0 N–H and O–H groups in total. The second kappa shape index (κ2) is 2.77. The normalized spacial score (nSPS) is 39.2. The number of hydrogen-bond acceptors (Lipinski definition) is 0. The zero-order valence-corrected chi connectivity index (χ0v) is 6.55. The molecule has 0 radical (unpaired) electrons. The van der Waals surface area contributed by atoms with Crippen LogP contribution in [0.3, 0.4) is 0 Å². The summed E-state index contributed by atoms with van der Waals surface area (Å²) in [5.41, 5.74) is 0. The summed E-state index contributed by atoms with van der Waals surface area (Å²) in [6.45, 7) is 0. The molecule has 0 heteroatoms. The van der Waals surface area contributed by atoms with Crippen LogP contribution in [0.25, 0.3) is 0 Å². The Kier molecular flexibility index (Phi) is 1.79. The fourth-order valence-corrected chi connectivity index (χ4v) is 2.15. The van der Waals surface area contributed by atoms with Gasteiger partial charge >= 0.3 is 0 Å². The van der Waals surface area contributed by atoms with E-state index in [9.17, 15) is 0 Å². The number of hydrogen-bond donors (Lipinski definition) is 0. The van der Waals surface area contributed by atoms with E-state index in [2.05, 4.69) is 12.2 Å². The average molecular weight is 136 g/mol. The summed E-state index contributed by atoms with van der Waals surface area (Å²) in [6.07, 6.45) is 13.6. The molecule has 0 aromatic rings. The molecule has 0 aromatic heterocycles. The molecule has 2 atom stereocenters. The van der Waals surface area contributed by atoms with Crippen molar-refractivity contribution in [3.63, 3.8) is 0 Å². The van der Waals surface area contributed by atoms with Crippen molar-refractivity contribution in [2.45, 2.75) is 38.5 Å². The van der Waals surface area contributed by atoms with Gasteiger partial charge in [-0.05, 0) is 43.9 Å². The zero-order chi connectivity index (χ0) is 6.81. The molecular formula is C10H16. The SMILES string of the molecule is C1=C[C@@H]2CC[C@H]2CCCC1. The summed E-state index contributed by atoms with van der Waals surface area (Å²) in [6, 6.07) is 0. The Morgan fingerprint density at radius 2 is 2.00 bits per heavy atom. The first-order valence-electron chi connectivity index (χ1n) is 4.63. The van der Waals surface area contributed by atoms with Crippen LogP contribution >= 0.6 is 0 Å². The van der Waals surface area contributed by atoms with Crippen LogP contribution in [0.1, 0.15) is 38.5 Å². The van der Waals surface area contributed by atoms with E-state index in [0.717, 1.165) is 11.8 Å². The van der Waals surface area contributed by atoms with Crippen LogP contribution in [0.5, 0.6) is 0 Å². The van der Waals surface area contributed by atoms with E-state index in [1.54, 1.807) is 0 Å². The van der Waals surface area contributed by atoms with Crippen molar-refractivity contribution in [2.24, 2.45) is 11.8 Å². The van der Waals surface area contributed by atoms with Crippen molar-refractivity contribution in [1.29, 1.82) is 0 Å². The molecule has 0 aliphatic heterocycles. The van der Waals surface area contributed by atoms with Crippen molar-refractivity contribution in [3.8, 4) is 0 Å². The van der Waals surface area contributed by atoms with Gasteiger partial charge in [0.1, 0.15) is 0 Å². The van der Waals surface area contributed by atoms with E-state index in [-0.39, 0.29) is 0 Å². The maximum atomic E-state index is 2.47. The Morgan fingerprint density at radius 3 is 2.80 bits per heavy atom. The highest BCUT2D eigenvalue weighted by Crippen LogP contribution is 2.39. The van der Waals surface area contributed by atoms with Crippen LogP contribution in [0.2, 0.25) is 0 Å². The van der Waals surface area contributed by atoms with Crippen LogP contribution < -0.4 is 0 Å². The largest absolute Gasteiger partial charge is 0.0882 e. The third kappa shape index (κ3) is 1.12. The van der Waals surface area contributed by atoms with Gasteiger partial charge in [0.05, 0.1) is 0 Å². The predicted octanol–water partition coefficient (Wildman–Crippen LogP) is 3.14. The van der Waals surface area contributed by atoms with E-state index in [1.165, 1.54) is 38.5 Å². The van der Waals surface area contributed by atoms with Gasteiger partial charge in [-0.1, -0.05) is 18.6 Å². The molecule has 1 saturated carbocycles. The van der Waals surface area contributed by atoms with Crippen molar-refractivity contribution >= 4 is 0 Å². The Labute approximate surface area is 63.3 Å². The summed E-state index contributed by atoms with van der Waals surface area (Å²) in [4.78, 5) is 0. The van der Waals surface area contributed by atoms with Gasteiger partial charge in [0.25, 0.3) is 0 Å². The molecule has 2 aliphatic carbocycles. The number of rotatable bonds is 0. The molecular weight excluding hydrogens is 120 g/mol. The number of allylic oxidation sites excluding steroid dienone is 2. The topological polar surface area (TPSA) is 0 Å². The highest BCUT2D eigenvalue weighted by molar-refractivity contribution is 4.98. The Bertz CT molecular complexity index is 135. The summed E-state index contributed by atoms with van der Waals surface area (Å²) < 4.78 is 0. The molecule has 0 unspecified atom stereocenters. The summed E-state index contributed by atoms with van der Waals surface area (Å²) >= 11 is 0. The Balaban J connectivity index is 1.96. The van der Waals surface area contributed by atoms with E-state index in [4.69, 9.17) is 0 Å². The molecule has 1 fully saturated rings. The first-order valence-corrected chi connectivity index (χ1v) is 4.63. The van der Waals surface area contributed by atoms with E-state index >= 15 is 0 Å². The van der Waals surface area contributed by atoms with Crippen molar-refractivity contribution in [2.75, 3.05) is 0 Å². The molecule has 2 rings (SSSR count). The lowest BCUT2D eigenvalue weighted by Crippen LogP contribution is -2.24. The molecule has 10 heavy (non-hydrogen) atoms. The second-order valence-corrected chi connectivity index (χ2v) is 3.71. The van der Waals surface area contributed by atoms with Crippen molar-refractivity contribution < 1.29 is 0 Å². The standard InChI is InChI=1S/C10H16/c1-2-4-6-10-8-7-9(10)5-3-1/h3,5,9-10H,1-2,4,6-8H2/t9-,10-/m1/s1. The monoisotopic (exact) mass is 136 g/mol. The maximum Gasteiger partial charge on any atom is -0.0205 e. The minimum absolute atomic E-state index is 0.986. The fraction of sp³-hybridized carbons (Fsp3) is 0.800. The minimum Gasteiger partial charge on any atom is -0.0882 e. The van der Waals surface area contributed by atoms with Crippen LogP contribution in [0, 0.1) is 11.8 Å². The maximum absolute atomic E-state index is 2.47. The van der Waals surface area contributed by atoms with Gasteiger partial charge < -0.3 is 0 Å². The van der Waals surface area contributed by atoms with Gasteiger partial charge in [-0.15, -0.1) is 0 Å².